The summed E-state index contributed by atoms with van der Waals surface area (Å²) in [5.74, 6) is 0. The molecule has 186 valence electrons. The van der Waals surface area contributed by atoms with Crippen molar-refractivity contribution in [3.05, 3.63) is 65.2 Å². The van der Waals surface area contributed by atoms with Crippen LogP contribution in [0.4, 0.5) is 4.79 Å². The van der Waals surface area contributed by atoms with Crippen LogP contribution in [0.1, 0.15) is 49.9 Å². The van der Waals surface area contributed by atoms with Gasteiger partial charge >= 0.3 is 6.09 Å². The fourth-order valence-electron chi connectivity index (χ4n) is 3.70. The van der Waals surface area contributed by atoms with Crippen LogP contribution < -0.4 is 15.6 Å². The van der Waals surface area contributed by atoms with E-state index in [2.05, 4.69) is 15.6 Å². The maximum absolute atomic E-state index is 13.0. The van der Waals surface area contributed by atoms with Gasteiger partial charge in [-0.15, -0.1) is 16.4 Å². The summed E-state index contributed by atoms with van der Waals surface area (Å²) in [5, 5.41) is 3.26. The van der Waals surface area contributed by atoms with Gasteiger partial charge in [0.2, 0.25) is 0 Å². The highest BCUT2D eigenvalue weighted by atomic mass is 35.5. The lowest BCUT2D eigenvalue weighted by atomic mass is 9.99. The number of hydrogen-bond acceptors (Lipinski definition) is 6. The molecule has 1 amide bonds. The predicted molar refractivity (Wildman–Crippen MR) is 133 cm³/mol. The molecule has 1 heterocycles. The van der Waals surface area contributed by atoms with E-state index in [1.165, 1.54) is 0 Å². The molecule has 1 fully saturated rings. The van der Waals surface area contributed by atoms with Gasteiger partial charge in [-0.25, -0.2) is 18.6 Å². The van der Waals surface area contributed by atoms with E-state index >= 15 is 0 Å². The highest BCUT2D eigenvalue weighted by molar-refractivity contribution is 7.89. The third-order valence-corrected chi connectivity index (χ3v) is 7.07. The molecule has 2 aromatic rings. The van der Waals surface area contributed by atoms with Crippen molar-refractivity contribution in [1.82, 2.24) is 20.5 Å². The third-order valence-electron chi connectivity index (χ3n) is 5.39. The maximum atomic E-state index is 13.0. The van der Waals surface area contributed by atoms with E-state index in [1.54, 1.807) is 29.2 Å². The Morgan fingerprint density at radius 3 is 2.53 bits per heavy atom. The number of halogens is 1. The first-order valence-electron chi connectivity index (χ1n) is 11.2. The molecular weight excluding hydrogens is 476 g/mol. The Morgan fingerprint density at radius 2 is 1.85 bits per heavy atom. The average Bonchev–Trinajstić information content (AvgIpc) is 2.95. The maximum Gasteiger partial charge on any atom is 0.410 e. The number of benzene rings is 2. The Labute approximate surface area is 207 Å². The van der Waals surface area contributed by atoms with Gasteiger partial charge in [0.25, 0.3) is 10.0 Å². The Bertz CT molecular complexity index is 1090. The number of hydrogen-bond donors (Lipinski definition) is 3. The number of ether oxygens (including phenoxy) is 1. The molecule has 0 spiro atoms. The highest BCUT2D eigenvalue weighted by Crippen LogP contribution is 2.28. The molecule has 2 unspecified atom stereocenters. The molecule has 2 atom stereocenters. The number of sulfonamides is 1. The fourth-order valence-corrected chi connectivity index (χ4v) is 4.76. The molecule has 0 saturated carbocycles. The van der Waals surface area contributed by atoms with Crippen molar-refractivity contribution in [3.63, 3.8) is 0 Å². The first-order chi connectivity index (χ1) is 16.0. The van der Waals surface area contributed by atoms with Gasteiger partial charge in [-0.3, -0.25) is 10.2 Å². The van der Waals surface area contributed by atoms with E-state index in [4.69, 9.17) is 16.3 Å². The van der Waals surface area contributed by atoms with E-state index in [1.807, 2.05) is 52.0 Å². The molecule has 1 aliphatic heterocycles. The second kappa shape index (κ2) is 11.0. The largest absolute Gasteiger partial charge is 0.444 e. The molecule has 34 heavy (non-hydrogen) atoms. The summed E-state index contributed by atoms with van der Waals surface area (Å²) in [7, 11) is -3.72. The molecule has 0 radical (unpaired) electrons. The first-order valence-corrected chi connectivity index (χ1v) is 13.1. The molecule has 10 heteroatoms. The van der Waals surface area contributed by atoms with Gasteiger partial charge in [0, 0.05) is 19.6 Å². The molecule has 0 aromatic heterocycles. The minimum atomic E-state index is -3.72. The van der Waals surface area contributed by atoms with Crippen LogP contribution in [0.25, 0.3) is 0 Å². The number of carbonyl (C=O) groups is 1. The molecule has 0 aliphatic carbocycles. The lowest BCUT2D eigenvalue weighted by molar-refractivity contribution is 0.0173. The predicted octanol–water partition coefficient (Wildman–Crippen LogP) is 3.81. The first kappa shape index (κ1) is 26.4. The number of carbonyl (C=O) groups excluding carboxylic acids is 1. The van der Waals surface area contributed by atoms with Gasteiger partial charge in [-0.05, 0) is 57.4 Å². The minimum absolute atomic E-state index is 0.177. The van der Waals surface area contributed by atoms with Crippen molar-refractivity contribution in [3.8, 4) is 0 Å². The average molecular weight is 509 g/mol. The molecule has 0 bridgehead atoms. The lowest BCUT2D eigenvalue weighted by Crippen LogP contribution is -2.42. The van der Waals surface area contributed by atoms with Crippen molar-refractivity contribution >= 4 is 27.7 Å². The summed E-state index contributed by atoms with van der Waals surface area (Å²) < 4.78 is 30.9. The highest BCUT2D eigenvalue weighted by Gasteiger charge is 2.33. The van der Waals surface area contributed by atoms with Gasteiger partial charge in [-0.1, -0.05) is 42.0 Å². The van der Waals surface area contributed by atoms with E-state index in [0.29, 0.717) is 19.5 Å². The van der Waals surface area contributed by atoms with Crippen molar-refractivity contribution in [1.29, 1.82) is 0 Å². The van der Waals surface area contributed by atoms with Crippen LogP contribution >= 0.6 is 11.6 Å². The second-order valence-corrected chi connectivity index (χ2v) is 11.5. The molecule has 3 rings (SSSR count). The monoisotopic (exact) mass is 508 g/mol. The van der Waals surface area contributed by atoms with Crippen molar-refractivity contribution < 1.29 is 17.9 Å². The number of nitrogens with one attached hydrogen (secondary N) is 3. The van der Waals surface area contributed by atoms with Gasteiger partial charge in [-0.2, -0.15) is 0 Å². The van der Waals surface area contributed by atoms with Crippen LogP contribution in [-0.2, 0) is 21.3 Å². The molecule has 3 N–H and O–H groups in total. The smallest absolute Gasteiger partial charge is 0.410 e. The van der Waals surface area contributed by atoms with Crippen LogP contribution in [0, 0.1) is 6.92 Å². The van der Waals surface area contributed by atoms with Crippen LogP contribution in [0.3, 0.4) is 0 Å². The lowest BCUT2D eigenvalue weighted by Gasteiger charge is -2.33. The molecule has 8 nitrogen and oxygen atoms in total. The van der Waals surface area contributed by atoms with Gasteiger partial charge in [0.15, 0.2) is 0 Å². The number of alkyl halides is 1. The summed E-state index contributed by atoms with van der Waals surface area (Å²) in [6, 6.07) is 13.9. The molecule has 2 aromatic carbocycles. The fraction of sp³-hybridized carbons (Fsp3) is 0.458. The zero-order chi connectivity index (χ0) is 24.9. The Hall–Kier alpha value is -2.17. The van der Waals surface area contributed by atoms with E-state index < -0.39 is 21.7 Å². The molecule has 1 saturated heterocycles. The number of nitrogens with zero attached hydrogens (tertiary/aromatic N) is 1. The Kier molecular flexibility index (Phi) is 8.59. The summed E-state index contributed by atoms with van der Waals surface area (Å²) in [6.07, 6.45) is 0.168. The molecule has 1 aliphatic rings. The van der Waals surface area contributed by atoms with Crippen molar-refractivity contribution in [2.24, 2.45) is 0 Å². The zero-order valence-corrected chi connectivity index (χ0v) is 21.5. The van der Waals surface area contributed by atoms with E-state index in [9.17, 15) is 13.2 Å². The summed E-state index contributed by atoms with van der Waals surface area (Å²) in [6.45, 7) is 8.50. The van der Waals surface area contributed by atoms with Gasteiger partial charge in [0.05, 0.1) is 16.4 Å². The second-order valence-electron chi connectivity index (χ2n) is 9.32. The SMILES string of the molecule is Cc1ccc(S(=O)(=O)NNCc2ccccc2C2CNC(Cl)CCN2C(=O)OC(C)(C)C)cc1. The van der Waals surface area contributed by atoms with Gasteiger partial charge in [0.1, 0.15) is 5.60 Å². The van der Waals surface area contributed by atoms with Crippen molar-refractivity contribution in [2.75, 3.05) is 13.1 Å². The number of rotatable bonds is 6. The number of amides is 1. The number of aryl methyl sites for hydroxylation is 1. The standard InChI is InChI=1S/C24H33ClN4O4S/c1-17-9-11-19(12-10-17)34(31,32)28-27-15-18-7-5-6-8-20(18)21-16-26-22(25)13-14-29(21)23(30)33-24(2,3)4/h5-12,21-22,26-28H,13-16H2,1-4H3. The summed E-state index contributed by atoms with van der Waals surface area (Å²) >= 11 is 6.34. The van der Waals surface area contributed by atoms with Crippen LogP contribution in [-0.4, -0.2) is 43.6 Å². The van der Waals surface area contributed by atoms with Crippen molar-refractivity contribution in [2.45, 2.75) is 62.7 Å². The van der Waals surface area contributed by atoms with E-state index in [-0.39, 0.29) is 23.0 Å². The Morgan fingerprint density at radius 1 is 1.18 bits per heavy atom. The number of hydrazine groups is 1. The molecular formula is C24H33ClN4O4S. The summed E-state index contributed by atoms with van der Waals surface area (Å²) in [4.78, 5) is 17.3. The third kappa shape index (κ3) is 7.16. The topological polar surface area (TPSA) is 99.8 Å². The zero-order valence-electron chi connectivity index (χ0n) is 20.0. The minimum Gasteiger partial charge on any atom is -0.444 e. The summed E-state index contributed by atoms with van der Waals surface area (Å²) in [5.41, 5.74) is 4.64. The normalized spacial score (nSPS) is 19.5. The van der Waals surface area contributed by atoms with E-state index in [0.717, 1.165) is 16.7 Å². The van der Waals surface area contributed by atoms with Crippen LogP contribution in [0.15, 0.2) is 53.4 Å². The quantitative estimate of drug-likeness (QED) is 0.311. The van der Waals surface area contributed by atoms with Crippen LogP contribution in [0.5, 0.6) is 0 Å². The van der Waals surface area contributed by atoms with Gasteiger partial charge < -0.3 is 4.74 Å². The van der Waals surface area contributed by atoms with Crippen LogP contribution in [0.2, 0.25) is 0 Å². The Balaban J connectivity index is 1.78.